The van der Waals surface area contributed by atoms with Crippen LogP contribution in [0.5, 0.6) is 5.75 Å². The van der Waals surface area contributed by atoms with Crippen LogP contribution in [0.25, 0.3) is 0 Å². The van der Waals surface area contributed by atoms with Crippen LogP contribution in [0.1, 0.15) is 17.2 Å². The monoisotopic (exact) mass is 305 g/mol. The van der Waals surface area contributed by atoms with Gasteiger partial charge in [-0.25, -0.2) is 0 Å². The highest BCUT2D eigenvalue weighted by atomic mass is 35.5. The number of halogens is 1. The zero-order valence-corrected chi connectivity index (χ0v) is 12.8. The highest BCUT2D eigenvalue weighted by Gasteiger charge is 2.11. The molecule has 3 nitrogen and oxygen atoms in total. The molecule has 2 rings (SSSR count). The van der Waals surface area contributed by atoms with Crippen molar-refractivity contribution < 1.29 is 9.47 Å². The second-order valence-corrected chi connectivity index (χ2v) is 5.22. The Kier molecular flexibility index (Phi) is 6.05. The maximum atomic E-state index is 6.01. The average molecular weight is 306 g/mol. The Morgan fingerprint density at radius 3 is 2.52 bits per heavy atom. The van der Waals surface area contributed by atoms with Crippen LogP contribution in [0.15, 0.2) is 48.5 Å². The third-order valence-corrected chi connectivity index (χ3v) is 3.47. The lowest BCUT2D eigenvalue weighted by molar-refractivity contribution is 0.202. The summed E-state index contributed by atoms with van der Waals surface area (Å²) in [6.45, 7) is 1.11. The van der Waals surface area contributed by atoms with E-state index in [-0.39, 0.29) is 6.10 Å². The lowest BCUT2D eigenvalue weighted by atomic mass is 10.1. The van der Waals surface area contributed by atoms with E-state index < -0.39 is 0 Å². The van der Waals surface area contributed by atoms with Crippen LogP contribution in [-0.4, -0.2) is 20.3 Å². The molecule has 0 amide bonds. The minimum absolute atomic E-state index is 0.200. The van der Waals surface area contributed by atoms with Crippen molar-refractivity contribution in [2.45, 2.75) is 12.5 Å². The Balaban J connectivity index is 2.04. The molecule has 2 aromatic carbocycles. The van der Waals surface area contributed by atoms with Gasteiger partial charge in [-0.2, -0.15) is 0 Å². The fraction of sp³-hybridized carbons (Fsp3) is 0.294. The van der Waals surface area contributed by atoms with Crippen molar-refractivity contribution in [3.8, 4) is 5.75 Å². The molecule has 0 aliphatic heterocycles. The van der Waals surface area contributed by atoms with E-state index >= 15 is 0 Å². The second-order valence-electron chi connectivity index (χ2n) is 4.78. The van der Waals surface area contributed by atoms with Gasteiger partial charge in [-0.1, -0.05) is 35.9 Å². The van der Waals surface area contributed by atoms with Crippen molar-refractivity contribution in [1.82, 2.24) is 0 Å². The van der Waals surface area contributed by atoms with Crippen LogP contribution in [0.3, 0.4) is 0 Å². The molecule has 0 heterocycles. The number of ether oxygens (including phenoxy) is 2. The van der Waals surface area contributed by atoms with Crippen molar-refractivity contribution in [2.24, 2.45) is 5.73 Å². The van der Waals surface area contributed by atoms with Crippen molar-refractivity contribution in [2.75, 3.05) is 20.3 Å². The molecule has 0 spiro atoms. The molecular weight excluding hydrogens is 286 g/mol. The summed E-state index contributed by atoms with van der Waals surface area (Å²) < 4.78 is 11.0. The maximum absolute atomic E-state index is 6.01. The number of nitrogens with two attached hydrogens (primary N) is 1. The molecule has 1 atom stereocenters. The molecule has 4 heteroatoms. The van der Waals surface area contributed by atoms with Crippen LogP contribution in [-0.2, 0) is 11.2 Å². The fourth-order valence-electron chi connectivity index (χ4n) is 2.08. The smallest absolute Gasteiger partial charge is 0.136 e. The lowest BCUT2D eigenvalue weighted by Crippen LogP contribution is -2.18. The number of rotatable bonds is 7. The summed E-state index contributed by atoms with van der Waals surface area (Å²) in [5.74, 6) is 0.798. The van der Waals surface area contributed by atoms with Gasteiger partial charge < -0.3 is 15.2 Å². The first kappa shape index (κ1) is 15.8. The lowest BCUT2D eigenvalue weighted by Gasteiger charge is -2.18. The van der Waals surface area contributed by atoms with Gasteiger partial charge >= 0.3 is 0 Å². The summed E-state index contributed by atoms with van der Waals surface area (Å²) in [4.78, 5) is 0. The third kappa shape index (κ3) is 4.74. The van der Waals surface area contributed by atoms with Gasteiger partial charge in [0.25, 0.3) is 0 Å². The molecule has 0 fully saturated rings. The van der Waals surface area contributed by atoms with Gasteiger partial charge in [-0.15, -0.1) is 0 Å². The topological polar surface area (TPSA) is 44.5 Å². The van der Waals surface area contributed by atoms with Crippen LogP contribution < -0.4 is 10.5 Å². The third-order valence-electron chi connectivity index (χ3n) is 3.23. The molecule has 0 saturated carbocycles. The number of methoxy groups -OCH3 is 1. The largest absolute Gasteiger partial charge is 0.484 e. The molecule has 1 unspecified atom stereocenters. The maximum Gasteiger partial charge on any atom is 0.136 e. The van der Waals surface area contributed by atoms with Crippen LogP contribution >= 0.6 is 11.6 Å². The van der Waals surface area contributed by atoms with Gasteiger partial charge in [0.15, 0.2) is 0 Å². The molecule has 0 aliphatic rings. The molecule has 112 valence electrons. The normalized spacial score (nSPS) is 12.1. The van der Waals surface area contributed by atoms with Crippen molar-refractivity contribution in [3.05, 3.63) is 64.7 Å². The van der Waals surface area contributed by atoms with Crippen molar-refractivity contribution >= 4 is 11.6 Å². The quantitative estimate of drug-likeness (QED) is 0.850. The zero-order valence-electron chi connectivity index (χ0n) is 12.1. The predicted octanol–water partition coefficient (Wildman–Crippen LogP) is 3.61. The Labute approximate surface area is 130 Å². The van der Waals surface area contributed by atoms with E-state index in [1.165, 1.54) is 5.56 Å². The Bertz CT molecular complexity index is 557. The number of benzene rings is 2. The van der Waals surface area contributed by atoms with E-state index in [0.29, 0.717) is 18.2 Å². The second kappa shape index (κ2) is 8.03. The Morgan fingerprint density at radius 2 is 1.90 bits per heavy atom. The minimum atomic E-state index is -0.200. The van der Waals surface area contributed by atoms with E-state index in [2.05, 4.69) is 0 Å². The number of hydrogen-bond acceptors (Lipinski definition) is 3. The van der Waals surface area contributed by atoms with Crippen molar-refractivity contribution in [3.63, 3.8) is 0 Å². The zero-order chi connectivity index (χ0) is 15.1. The summed E-state index contributed by atoms with van der Waals surface area (Å²) in [5.41, 5.74) is 8.01. The SMILES string of the molecule is COCCc1ccc(OC(CN)c2cccc(Cl)c2)cc1. The summed E-state index contributed by atoms with van der Waals surface area (Å²) in [6.07, 6.45) is 0.694. The average Bonchev–Trinajstić information content (AvgIpc) is 2.51. The molecular formula is C17H20ClNO2. The highest BCUT2D eigenvalue weighted by molar-refractivity contribution is 6.30. The Morgan fingerprint density at radius 1 is 1.14 bits per heavy atom. The molecule has 0 bridgehead atoms. The van der Waals surface area contributed by atoms with Gasteiger partial charge in [0.1, 0.15) is 11.9 Å². The fourth-order valence-corrected chi connectivity index (χ4v) is 2.28. The van der Waals surface area contributed by atoms with E-state index in [4.69, 9.17) is 26.8 Å². The number of hydrogen-bond donors (Lipinski definition) is 1. The van der Waals surface area contributed by atoms with Gasteiger partial charge in [-0.05, 0) is 41.8 Å². The van der Waals surface area contributed by atoms with Gasteiger partial charge in [0.2, 0.25) is 0 Å². The first-order chi connectivity index (χ1) is 10.2. The summed E-state index contributed by atoms with van der Waals surface area (Å²) in [7, 11) is 1.70. The molecule has 21 heavy (non-hydrogen) atoms. The molecule has 0 radical (unpaired) electrons. The molecule has 2 aromatic rings. The summed E-state index contributed by atoms with van der Waals surface area (Å²) in [6, 6.07) is 15.6. The van der Waals surface area contributed by atoms with Gasteiger partial charge in [0.05, 0.1) is 6.61 Å². The first-order valence-corrected chi connectivity index (χ1v) is 7.31. The van der Waals surface area contributed by atoms with E-state index in [1.807, 2.05) is 48.5 Å². The van der Waals surface area contributed by atoms with E-state index in [9.17, 15) is 0 Å². The summed E-state index contributed by atoms with van der Waals surface area (Å²) >= 11 is 6.01. The summed E-state index contributed by atoms with van der Waals surface area (Å²) in [5, 5.41) is 0.685. The molecule has 2 N–H and O–H groups in total. The van der Waals surface area contributed by atoms with E-state index in [1.54, 1.807) is 7.11 Å². The van der Waals surface area contributed by atoms with Crippen LogP contribution in [0.2, 0.25) is 5.02 Å². The van der Waals surface area contributed by atoms with Crippen molar-refractivity contribution in [1.29, 1.82) is 0 Å². The standard InChI is InChI=1S/C17H20ClNO2/c1-20-10-9-13-5-7-16(8-6-13)21-17(12-19)14-3-2-4-15(18)11-14/h2-8,11,17H,9-10,12,19H2,1H3. The minimum Gasteiger partial charge on any atom is -0.484 e. The van der Waals surface area contributed by atoms with Gasteiger partial charge in [0, 0.05) is 18.7 Å². The first-order valence-electron chi connectivity index (χ1n) is 6.93. The molecule has 0 aliphatic carbocycles. The molecule has 0 aromatic heterocycles. The molecule has 0 saturated heterocycles. The highest BCUT2D eigenvalue weighted by Crippen LogP contribution is 2.23. The van der Waals surface area contributed by atoms with Crippen LogP contribution in [0, 0.1) is 0 Å². The van der Waals surface area contributed by atoms with Gasteiger partial charge in [-0.3, -0.25) is 0 Å². The van der Waals surface area contributed by atoms with Crippen LogP contribution in [0.4, 0.5) is 0 Å². The van der Waals surface area contributed by atoms with E-state index in [0.717, 1.165) is 17.7 Å². The Hall–Kier alpha value is -1.55. The predicted molar refractivity (Wildman–Crippen MR) is 85.9 cm³/mol.